The summed E-state index contributed by atoms with van der Waals surface area (Å²) in [6.45, 7) is 3.65. The zero-order valence-electron chi connectivity index (χ0n) is 17.7. The lowest BCUT2D eigenvalue weighted by molar-refractivity contribution is 0.462. The summed E-state index contributed by atoms with van der Waals surface area (Å²) in [5.41, 5.74) is 4.97. The Morgan fingerprint density at radius 1 is 1.16 bits per heavy atom. The van der Waals surface area contributed by atoms with Crippen molar-refractivity contribution in [1.82, 2.24) is 19.9 Å². The topological polar surface area (TPSA) is 59.8 Å². The molecule has 0 saturated heterocycles. The van der Waals surface area contributed by atoms with Gasteiger partial charge in [0.2, 0.25) is 0 Å². The van der Waals surface area contributed by atoms with Gasteiger partial charge in [0, 0.05) is 42.3 Å². The molecule has 5 rings (SSSR count). The molecule has 0 bridgehead atoms. The zero-order valence-corrected chi connectivity index (χ0v) is 18.5. The molecular formula is C25H26N4OS. The van der Waals surface area contributed by atoms with Crippen molar-refractivity contribution in [3.05, 3.63) is 92.6 Å². The minimum absolute atomic E-state index is 0.0877. The van der Waals surface area contributed by atoms with E-state index in [9.17, 15) is 4.79 Å². The number of nitrogens with zero attached hydrogens (tertiary/aromatic N) is 3. The fraction of sp³-hybridized carbons (Fsp3) is 0.320. The van der Waals surface area contributed by atoms with Crippen LogP contribution in [0.5, 0.6) is 0 Å². The summed E-state index contributed by atoms with van der Waals surface area (Å²) in [7, 11) is 0. The number of pyridine rings is 1. The van der Waals surface area contributed by atoms with Crippen LogP contribution in [0.4, 0.5) is 0 Å². The Bertz CT molecular complexity index is 1260. The molecule has 6 heteroatoms. The Kier molecular flexibility index (Phi) is 5.66. The second-order valence-corrected chi connectivity index (χ2v) is 9.33. The molecule has 158 valence electrons. The Hall–Kier alpha value is -2.83. The number of thiophene rings is 1. The van der Waals surface area contributed by atoms with Crippen LogP contribution in [-0.4, -0.2) is 20.6 Å². The third-order valence-corrected chi connectivity index (χ3v) is 7.38. The lowest BCUT2D eigenvalue weighted by Gasteiger charge is -2.23. The predicted molar refractivity (Wildman–Crippen MR) is 126 cm³/mol. The molecule has 5 nitrogen and oxygen atoms in total. The van der Waals surface area contributed by atoms with Crippen LogP contribution >= 0.6 is 11.3 Å². The van der Waals surface area contributed by atoms with Crippen LogP contribution in [-0.2, 0) is 32.4 Å². The van der Waals surface area contributed by atoms with Gasteiger partial charge in [-0.25, -0.2) is 4.98 Å². The maximum atomic E-state index is 13.2. The molecule has 3 aromatic heterocycles. The van der Waals surface area contributed by atoms with E-state index in [0.717, 1.165) is 48.1 Å². The van der Waals surface area contributed by atoms with E-state index in [4.69, 9.17) is 0 Å². The second kappa shape index (κ2) is 8.73. The first-order valence-corrected chi connectivity index (χ1v) is 11.7. The van der Waals surface area contributed by atoms with E-state index in [2.05, 4.69) is 46.5 Å². The Labute approximate surface area is 185 Å². The quantitative estimate of drug-likeness (QED) is 0.501. The third-order valence-electron chi connectivity index (χ3n) is 6.21. The van der Waals surface area contributed by atoms with Gasteiger partial charge < -0.3 is 5.32 Å². The molecule has 31 heavy (non-hydrogen) atoms. The molecule has 0 fully saturated rings. The van der Waals surface area contributed by atoms with E-state index in [1.807, 2.05) is 18.2 Å². The van der Waals surface area contributed by atoms with Crippen molar-refractivity contribution in [1.29, 1.82) is 0 Å². The standard InChI is InChI=1S/C25H26N4OS/c1-17-6-2-3-7-18(17)15-27-20-9-10-21-22(14-20)31-24-23(21)25(30)29(16-28-24)13-11-19-8-4-5-12-26-19/h2-8,12,16,20,27H,9-11,13-15H2,1H3. The average molecular weight is 431 g/mol. The van der Waals surface area contributed by atoms with E-state index in [1.54, 1.807) is 28.4 Å². The Morgan fingerprint density at radius 3 is 2.87 bits per heavy atom. The number of aryl methyl sites for hydroxylation is 4. The molecule has 0 amide bonds. The minimum Gasteiger partial charge on any atom is -0.310 e. The van der Waals surface area contributed by atoms with Crippen molar-refractivity contribution in [3.63, 3.8) is 0 Å². The summed E-state index contributed by atoms with van der Waals surface area (Å²) in [4.78, 5) is 24.4. The largest absolute Gasteiger partial charge is 0.310 e. The second-order valence-electron chi connectivity index (χ2n) is 8.25. The molecule has 1 aromatic carbocycles. The van der Waals surface area contributed by atoms with Gasteiger partial charge in [-0.3, -0.25) is 14.3 Å². The number of fused-ring (bicyclic) bond motifs is 3. The van der Waals surface area contributed by atoms with Gasteiger partial charge in [0.15, 0.2) is 0 Å². The van der Waals surface area contributed by atoms with Crippen LogP contribution < -0.4 is 10.9 Å². The molecule has 1 aliphatic carbocycles. The SMILES string of the molecule is Cc1ccccc1CNC1CCc2c(sc3ncn(CCc4ccccn4)c(=O)c23)C1. The number of rotatable bonds is 6. The fourth-order valence-electron chi connectivity index (χ4n) is 4.38. The van der Waals surface area contributed by atoms with Crippen LogP contribution in [0.2, 0.25) is 0 Å². The summed E-state index contributed by atoms with van der Waals surface area (Å²) in [5, 5.41) is 4.56. The Balaban J connectivity index is 1.33. The highest BCUT2D eigenvalue weighted by Gasteiger charge is 2.25. The van der Waals surface area contributed by atoms with Gasteiger partial charge in [-0.1, -0.05) is 30.3 Å². The van der Waals surface area contributed by atoms with Crippen molar-refractivity contribution < 1.29 is 0 Å². The maximum Gasteiger partial charge on any atom is 0.262 e. The molecule has 1 unspecified atom stereocenters. The molecule has 0 spiro atoms. The normalized spacial score (nSPS) is 15.8. The number of benzene rings is 1. The fourth-order valence-corrected chi connectivity index (χ4v) is 5.64. The van der Waals surface area contributed by atoms with Gasteiger partial charge in [-0.15, -0.1) is 11.3 Å². The first-order valence-electron chi connectivity index (χ1n) is 10.9. The number of nitrogens with one attached hydrogen (secondary N) is 1. The van der Waals surface area contributed by atoms with Gasteiger partial charge >= 0.3 is 0 Å². The van der Waals surface area contributed by atoms with Gasteiger partial charge in [0.25, 0.3) is 5.56 Å². The molecule has 1 N–H and O–H groups in total. The molecule has 4 aromatic rings. The monoisotopic (exact) mass is 430 g/mol. The van der Waals surface area contributed by atoms with Crippen molar-refractivity contribution in [2.24, 2.45) is 0 Å². The van der Waals surface area contributed by atoms with Crippen molar-refractivity contribution in [2.75, 3.05) is 0 Å². The highest BCUT2D eigenvalue weighted by molar-refractivity contribution is 7.18. The lowest BCUT2D eigenvalue weighted by Crippen LogP contribution is -2.34. The van der Waals surface area contributed by atoms with Crippen molar-refractivity contribution in [3.8, 4) is 0 Å². The smallest absolute Gasteiger partial charge is 0.262 e. The molecule has 1 atom stereocenters. The summed E-state index contributed by atoms with van der Waals surface area (Å²) < 4.78 is 1.74. The van der Waals surface area contributed by atoms with Gasteiger partial charge in [0.05, 0.1) is 11.7 Å². The summed E-state index contributed by atoms with van der Waals surface area (Å²) in [6, 6.07) is 14.8. The average Bonchev–Trinajstić information content (AvgIpc) is 3.17. The molecule has 0 saturated carbocycles. The Morgan fingerprint density at radius 2 is 2.03 bits per heavy atom. The van der Waals surface area contributed by atoms with Crippen LogP contribution in [0, 0.1) is 6.92 Å². The summed E-state index contributed by atoms with van der Waals surface area (Å²) >= 11 is 1.69. The molecular weight excluding hydrogens is 404 g/mol. The third kappa shape index (κ3) is 4.18. The maximum absolute atomic E-state index is 13.2. The van der Waals surface area contributed by atoms with Crippen LogP contribution in [0.3, 0.4) is 0 Å². The first kappa shape index (κ1) is 20.1. The predicted octanol–water partition coefficient (Wildman–Crippen LogP) is 4.05. The highest BCUT2D eigenvalue weighted by Crippen LogP contribution is 2.33. The first-order chi connectivity index (χ1) is 15.2. The molecule has 0 aliphatic heterocycles. The van der Waals surface area contributed by atoms with Crippen LogP contribution in [0.15, 0.2) is 59.8 Å². The highest BCUT2D eigenvalue weighted by atomic mass is 32.1. The van der Waals surface area contributed by atoms with Crippen LogP contribution in [0.25, 0.3) is 10.2 Å². The number of aromatic nitrogens is 3. The number of hydrogen-bond acceptors (Lipinski definition) is 5. The van der Waals surface area contributed by atoms with E-state index >= 15 is 0 Å². The lowest BCUT2D eigenvalue weighted by atomic mass is 9.93. The van der Waals surface area contributed by atoms with E-state index in [1.165, 1.54) is 21.6 Å². The summed E-state index contributed by atoms with van der Waals surface area (Å²) in [5.74, 6) is 0. The van der Waals surface area contributed by atoms with E-state index in [0.29, 0.717) is 12.6 Å². The van der Waals surface area contributed by atoms with E-state index in [-0.39, 0.29) is 5.56 Å². The molecule has 0 radical (unpaired) electrons. The van der Waals surface area contributed by atoms with Gasteiger partial charge in [-0.05, 0) is 55.0 Å². The number of hydrogen-bond donors (Lipinski definition) is 1. The minimum atomic E-state index is 0.0877. The molecule has 1 aliphatic rings. The van der Waals surface area contributed by atoms with Gasteiger partial charge in [0.1, 0.15) is 4.83 Å². The zero-order chi connectivity index (χ0) is 21.2. The van der Waals surface area contributed by atoms with Gasteiger partial charge in [-0.2, -0.15) is 0 Å². The summed E-state index contributed by atoms with van der Waals surface area (Å²) in [6.07, 6.45) is 7.16. The van der Waals surface area contributed by atoms with Crippen molar-refractivity contribution >= 4 is 21.6 Å². The molecule has 3 heterocycles. The van der Waals surface area contributed by atoms with E-state index < -0.39 is 0 Å². The van der Waals surface area contributed by atoms with Crippen LogP contribution in [0.1, 0.15) is 33.7 Å². The van der Waals surface area contributed by atoms with Crippen molar-refractivity contribution in [2.45, 2.75) is 51.7 Å².